The highest BCUT2D eigenvalue weighted by Crippen LogP contribution is 2.30. The summed E-state index contributed by atoms with van der Waals surface area (Å²) in [5.74, 6) is 0.758. The fraction of sp³-hybridized carbons (Fsp3) is 0.476. The van der Waals surface area contributed by atoms with Crippen molar-refractivity contribution in [1.82, 2.24) is 14.9 Å². The van der Waals surface area contributed by atoms with Crippen molar-refractivity contribution in [3.63, 3.8) is 0 Å². The summed E-state index contributed by atoms with van der Waals surface area (Å²) in [5.41, 5.74) is -0.0329. The van der Waals surface area contributed by atoms with Gasteiger partial charge in [-0.15, -0.1) is 0 Å². The Bertz CT molecular complexity index is 935. The summed E-state index contributed by atoms with van der Waals surface area (Å²) in [4.78, 5) is 35.9. The molecule has 1 amide bonds. The smallest absolute Gasteiger partial charge is 0.410 e. The molecule has 0 bridgehead atoms. The number of nitro groups is 1. The lowest BCUT2D eigenvalue weighted by Gasteiger charge is -2.44. The highest BCUT2D eigenvalue weighted by atomic mass is 16.6. The standard InChI is InChI=1S/C21H28N6O4/c1-14-12-25(13-15(2)26(14)20(28)31-21(3,4)5)18-7-6-17(27(29)30)19(24-18)23-16-8-10-22-11-9-16/h6-11,14-15H,12-13H2,1-5H3,(H,22,23,24)/t14-,15+. The zero-order valence-electron chi connectivity index (χ0n) is 18.4. The van der Waals surface area contributed by atoms with Crippen LogP contribution in [0.1, 0.15) is 34.6 Å². The largest absolute Gasteiger partial charge is 0.444 e. The summed E-state index contributed by atoms with van der Waals surface area (Å²) >= 11 is 0. The van der Waals surface area contributed by atoms with E-state index in [1.807, 2.05) is 39.5 Å². The van der Waals surface area contributed by atoms with E-state index in [1.54, 1.807) is 35.5 Å². The van der Waals surface area contributed by atoms with Gasteiger partial charge in [-0.05, 0) is 52.8 Å². The minimum atomic E-state index is -0.568. The molecule has 3 rings (SSSR count). The number of carbonyl (C=O) groups is 1. The number of hydrogen-bond donors (Lipinski definition) is 1. The molecular weight excluding hydrogens is 400 g/mol. The van der Waals surface area contributed by atoms with E-state index < -0.39 is 10.5 Å². The summed E-state index contributed by atoms with van der Waals surface area (Å²) in [6.45, 7) is 10.5. The highest BCUT2D eigenvalue weighted by molar-refractivity contribution is 5.70. The number of carbonyl (C=O) groups excluding carboxylic acids is 1. The van der Waals surface area contributed by atoms with E-state index in [4.69, 9.17) is 4.74 Å². The Morgan fingerprint density at radius 2 is 1.77 bits per heavy atom. The maximum Gasteiger partial charge on any atom is 0.410 e. The average molecular weight is 428 g/mol. The van der Waals surface area contributed by atoms with Crippen LogP contribution in [0.3, 0.4) is 0 Å². The lowest BCUT2D eigenvalue weighted by molar-refractivity contribution is -0.384. The Kier molecular flexibility index (Phi) is 6.28. The topological polar surface area (TPSA) is 114 Å². The molecule has 1 saturated heterocycles. The number of aromatic nitrogens is 2. The van der Waals surface area contributed by atoms with Crippen LogP contribution in [0.5, 0.6) is 0 Å². The fourth-order valence-corrected chi connectivity index (χ4v) is 3.61. The average Bonchev–Trinajstić information content (AvgIpc) is 2.66. The summed E-state index contributed by atoms with van der Waals surface area (Å²) in [5, 5.41) is 14.5. The molecule has 0 spiro atoms. The zero-order valence-corrected chi connectivity index (χ0v) is 18.4. The van der Waals surface area contributed by atoms with Gasteiger partial charge in [-0.3, -0.25) is 20.0 Å². The fourth-order valence-electron chi connectivity index (χ4n) is 3.61. The van der Waals surface area contributed by atoms with E-state index in [0.717, 1.165) is 0 Å². The lowest BCUT2D eigenvalue weighted by atomic mass is 10.1. The first-order valence-electron chi connectivity index (χ1n) is 10.1. The number of nitrogens with one attached hydrogen (secondary N) is 1. The molecule has 1 N–H and O–H groups in total. The van der Waals surface area contributed by atoms with E-state index in [1.165, 1.54) is 6.07 Å². The van der Waals surface area contributed by atoms with Crippen LogP contribution in [0.4, 0.5) is 27.8 Å². The van der Waals surface area contributed by atoms with Gasteiger partial charge < -0.3 is 15.0 Å². The normalized spacial score (nSPS) is 19.1. The SMILES string of the molecule is C[C@@H]1CN(c2ccc([N+](=O)[O-])c(Nc3ccncc3)n2)C[C@H](C)N1C(=O)OC(C)(C)C. The maximum absolute atomic E-state index is 12.6. The van der Waals surface area contributed by atoms with E-state index in [9.17, 15) is 14.9 Å². The second kappa shape index (κ2) is 8.75. The summed E-state index contributed by atoms with van der Waals surface area (Å²) < 4.78 is 5.55. The van der Waals surface area contributed by atoms with Crippen molar-refractivity contribution in [3.05, 3.63) is 46.8 Å². The molecule has 0 aromatic carbocycles. The van der Waals surface area contributed by atoms with Crippen molar-refractivity contribution < 1.29 is 14.5 Å². The third-order valence-corrected chi connectivity index (χ3v) is 4.85. The Morgan fingerprint density at radius 3 is 2.32 bits per heavy atom. The number of ether oxygens (including phenoxy) is 1. The van der Waals surface area contributed by atoms with E-state index in [0.29, 0.717) is 24.6 Å². The molecule has 0 saturated carbocycles. The van der Waals surface area contributed by atoms with Gasteiger partial charge in [0.1, 0.15) is 11.4 Å². The van der Waals surface area contributed by atoms with Crippen molar-refractivity contribution in [2.75, 3.05) is 23.3 Å². The van der Waals surface area contributed by atoms with Crippen LogP contribution in [0, 0.1) is 10.1 Å². The van der Waals surface area contributed by atoms with E-state index >= 15 is 0 Å². The van der Waals surface area contributed by atoms with Gasteiger partial charge >= 0.3 is 11.8 Å². The van der Waals surface area contributed by atoms with Crippen LogP contribution in [0.15, 0.2) is 36.7 Å². The molecule has 0 aliphatic carbocycles. The number of nitrogens with zero attached hydrogens (tertiary/aromatic N) is 5. The van der Waals surface area contributed by atoms with Gasteiger partial charge in [-0.25, -0.2) is 9.78 Å². The third-order valence-electron chi connectivity index (χ3n) is 4.85. The number of piperazine rings is 1. The first-order chi connectivity index (χ1) is 14.5. The molecule has 10 nitrogen and oxygen atoms in total. The Labute approximate surface area is 181 Å². The van der Waals surface area contributed by atoms with Crippen molar-refractivity contribution in [3.8, 4) is 0 Å². The predicted molar refractivity (Wildman–Crippen MR) is 118 cm³/mol. The quantitative estimate of drug-likeness (QED) is 0.575. The van der Waals surface area contributed by atoms with Crippen LogP contribution in [0.25, 0.3) is 0 Å². The molecule has 31 heavy (non-hydrogen) atoms. The molecule has 1 aliphatic heterocycles. The van der Waals surface area contributed by atoms with Crippen molar-refractivity contribution in [2.45, 2.75) is 52.3 Å². The van der Waals surface area contributed by atoms with Gasteiger partial charge in [0.05, 0.1) is 17.0 Å². The Hall–Kier alpha value is -3.43. The van der Waals surface area contributed by atoms with Crippen molar-refractivity contribution in [1.29, 1.82) is 0 Å². The lowest BCUT2D eigenvalue weighted by Crippen LogP contribution is -2.59. The molecule has 10 heteroatoms. The minimum absolute atomic E-state index is 0.117. The van der Waals surface area contributed by atoms with Crippen LogP contribution in [-0.4, -0.2) is 56.7 Å². The molecule has 166 valence electrons. The molecule has 2 atom stereocenters. The number of pyridine rings is 2. The summed E-state index contributed by atoms with van der Waals surface area (Å²) in [6, 6.07) is 6.27. The number of anilines is 3. The van der Waals surface area contributed by atoms with Gasteiger partial charge in [0.15, 0.2) is 0 Å². The second-order valence-corrected chi connectivity index (χ2v) is 8.65. The number of rotatable bonds is 4. The summed E-state index contributed by atoms with van der Waals surface area (Å²) in [7, 11) is 0. The van der Waals surface area contributed by atoms with Gasteiger partial charge in [0, 0.05) is 37.2 Å². The highest BCUT2D eigenvalue weighted by Gasteiger charge is 2.36. The van der Waals surface area contributed by atoms with Crippen molar-refractivity contribution >= 4 is 29.1 Å². The zero-order chi connectivity index (χ0) is 22.8. The Morgan fingerprint density at radius 1 is 1.16 bits per heavy atom. The third kappa shape index (κ3) is 5.39. The van der Waals surface area contributed by atoms with Crippen LogP contribution >= 0.6 is 0 Å². The monoisotopic (exact) mass is 428 g/mol. The first-order valence-corrected chi connectivity index (χ1v) is 10.1. The molecule has 2 aromatic heterocycles. The van der Waals surface area contributed by atoms with Gasteiger partial charge in [0.25, 0.3) is 0 Å². The number of hydrogen-bond acceptors (Lipinski definition) is 8. The van der Waals surface area contributed by atoms with Crippen LogP contribution < -0.4 is 10.2 Å². The molecule has 2 aromatic rings. The summed E-state index contributed by atoms with van der Waals surface area (Å²) in [6.07, 6.45) is 2.85. The first kappa shape index (κ1) is 22.3. The molecular formula is C21H28N6O4. The van der Waals surface area contributed by atoms with Gasteiger partial charge in [-0.2, -0.15) is 0 Å². The molecule has 3 heterocycles. The molecule has 1 aliphatic rings. The van der Waals surface area contributed by atoms with Gasteiger partial charge in [0.2, 0.25) is 5.82 Å². The maximum atomic E-state index is 12.6. The van der Waals surface area contributed by atoms with E-state index in [-0.39, 0.29) is 29.7 Å². The Balaban J connectivity index is 1.82. The second-order valence-electron chi connectivity index (χ2n) is 8.65. The van der Waals surface area contributed by atoms with Crippen LogP contribution in [-0.2, 0) is 4.74 Å². The molecule has 0 radical (unpaired) electrons. The van der Waals surface area contributed by atoms with Crippen LogP contribution in [0.2, 0.25) is 0 Å². The van der Waals surface area contributed by atoms with Crippen molar-refractivity contribution in [2.24, 2.45) is 0 Å². The number of amides is 1. The molecule has 0 unspecified atom stereocenters. The molecule has 1 fully saturated rings. The minimum Gasteiger partial charge on any atom is -0.444 e. The van der Waals surface area contributed by atoms with E-state index in [2.05, 4.69) is 15.3 Å². The predicted octanol–water partition coefficient (Wildman–Crippen LogP) is 3.96. The van der Waals surface area contributed by atoms with Gasteiger partial charge in [-0.1, -0.05) is 0 Å².